The van der Waals surface area contributed by atoms with Gasteiger partial charge in [0.1, 0.15) is 5.82 Å². The number of halogens is 1. The zero-order chi connectivity index (χ0) is 14.4. The number of aryl methyl sites for hydroxylation is 1. The summed E-state index contributed by atoms with van der Waals surface area (Å²) in [6.45, 7) is 11.5. The molecule has 0 fully saturated rings. The Hall–Kier alpha value is -1.20. The Balaban J connectivity index is 0.00000361. The van der Waals surface area contributed by atoms with E-state index in [9.17, 15) is 4.79 Å². The van der Waals surface area contributed by atoms with Gasteiger partial charge in [0.25, 0.3) is 5.91 Å². The van der Waals surface area contributed by atoms with Crippen LogP contribution in [0.25, 0.3) is 0 Å². The molecule has 0 spiro atoms. The predicted molar refractivity (Wildman–Crippen MR) is 83.6 cm³/mol. The summed E-state index contributed by atoms with van der Waals surface area (Å²) in [5.74, 6) is 0.795. The van der Waals surface area contributed by atoms with Gasteiger partial charge in [-0.15, -0.1) is 12.4 Å². The average molecular weight is 301 g/mol. The van der Waals surface area contributed by atoms with Crippen molar-refractivity contribution >= 4 is 18.3 Å². The fraction of sp³-hybridized carbons (Fsp3) is 0.643. The summed E-state index contributed by atoms with van der Waals surface area (Å²) in [7, 11) is 0. The molecule has 1 aromatic rings. The van der Waals surface area contributed by atoms with Gasteiger partial charge >= 0.3 is 0 Å². The van der Waals surface area contributed by atoms with Crippen LogP contribution in [-0.4, -0.2) is 35.0 Å². The molecule has 114 valence electrons. The number of nitrogens with one attached hydrogen (secondary N) is 2. The van der Waals surface area contributed by atoms with Crippen molar-refractivity contribution in [3.63, 3.8) is 0 Å². The molecule has 1 heterocycles. The monoisotopic (exact) mass is 300 g/mol. The van der Waals surface area contributed by atoms with Gasteiger partial charge in [-0.1, -0.05) is 20.8 Å². The highest BCUT2D eigenvalue weighted by molar-refractivity contribution is 5.95. The molecule has 0 bridgehead atoms. The highest BCUT2D eigenvalue weighted by atomic mass is 35.5. The maximum Gasteiger partial charge on any atom is 0.254 e. The largest absolute Gasteiger partial charge is 0.350 e. The Morgan fingerprint density at radius 3 is 2.55 bits per heavy atom. The van der Waals surface area contributed by atoms with Gasteiger partial charge in [0.15, 0.2) is 0 Å². The third kappa shape index (κ3) is 5.43. The van der Waals surface area contributed by atoms with Gasteiger partial charge in [-0.3, -0.25) is 4.79 Å². The normalized spacial score (nSPS) is 11.9. The zero-order valence-corrected chi connectivity index (χ0v) is 13.7. The van der Waals surface area contributed by atoms with Gasteiger partial charge < -0.3 is 10.6 Å². The maximum absolute atomic E-state index is 12.2. The predicted octanol–water partition coefficient (Wildman–Crippen LogP) is 2.06. The van der Waals surface area contributed by atoms with Crippen molar-refractivity contribution in [1.82, 2.24) is 20.6 Å². The molecular formula is C14H25ClN4O. The maximum atomic E-state index is 12.2. The fourth-order valence-corrected chi connectivity index (χ4v) is 1.86. The van der Waals surface area contributed by atoms with Crippen molar-refractivity contribution < 1.29 is 4.79 Å². The van der Waals surface area contributed by atoms with E-state index in [1.165, 1.54) is 0 Å². The molecule has 2 N–H and O–H groups in total. The quantitative estimate of drug-likeness (QED) is 0.844. The van der Waals surface area contributed by atoms with E-state index in [-0.39, 0.29) is 30.3 Å². The molecule has 6 heteroatoms. The minimum Gasteiger partial charge on any atom is -0.350 e. The molecule has 0 radical (unpaired) electrons. The Morgan fingerprint density at radius 2 is 2.00 bits per heavy atom. The number of likely N-dealkylation sites (N-methyl/N-ethyl adjacent to an activating group) is 1. The van der Waals surface area contributed by atoms with Gasteiger partial charge in [0.2, 0.25) is 0 Å². The van der Waals surface area contributed by atoms with Gasteiger partial charge in [-0.2, -0.15) is 0 Å². The van der Waals surface area contributed by atoms with Crippen molar-refractivity contribution in [3.8, 4) is 0 Å². The average Bonchev–Trinajstić information content (AvgIpc) is 2.36. The molecule has 20 heavy (non-hydrogen) atoms. The van der Waals surface area contributed by atoms with Gasteiger partial charge in [-0.05, 0) is 26.3 Å². The molecule has 1 rings (SSSR count). The van der Waals surface area contributed by atoms with E-state index in [1.54, 1.807) is 6.20 Å². The summed E-state index contributed by atoms with van der Waals surface area (Å²) in [4.78, 5) is 20.7. The van der Waals surface area contributed by atoms with E-state index in [4.69, 9.17) is 0 Å². The van der Waals surface area contributed by atoms with Crippen LogP contribution in [-0.2, 0) is 0 Å². The summed E-state index contributed by atoms with van der Waals surface area (Å²) in [5, 5.41) is 6.17. The summed E-state index contributed by atoms with van der Waals surface area (Å²) in [6.07, 6.45) is 1.62. The van der Waals surface area contributed by atoms with Crippen molar-refractivity contribution in [3.05, 3.63) is 23.3 Å². The Morgan fingerprint density at radius 1 is 1.35 bits per heavy atom. The Labute approximate surface area is 127 Å². The highest BCUT2D eigenvalue weighted by Crippen LogP contribution is 2.16. The highest BCUT2D eigenvalue weighted by Gasteiger charge is 2.16. The molecule has 0 saturated carbocycles. The van der Waals surface area contributed by atoms with Crippen molar-refractivity contribution in [1.29, 1.82) is 0 Å². The minimum absolute atomic E-state index is 0. The number of rotatable bonds is 6. The number of carbonyl (C=O) groups is 1. The van der Waals surface area contributed by atoms with Crippen LogP contribution in [0.5, 0.6) is 0 Å². The molecule has 0 saturated heterocycles. The second kappa shape index (κ2) is 8.87. The van der Waals surface area contributed by atoms with Crippen molar-refractivity contribution in [2.24, 2.45) is 0 Å². The standard InChI is InChI=1S/C14H24N4O.ClH/c1-6-15-10(4)7-17-14(19)12-8-16-11(5)18-13(12)9(2)3;/h8-10,15H,6-7H2,1-5H3,(H,17,19);1H/t10-;/m1./s1. The molecule has 0 unspecified atom stereocenters. The molecule has 1 atom stereocenters. The fourth-order valence-electron chi connectivity index (χ4n) is 1.86. The van der Waals surface area contributed by atoms with E-state index in [0.717, 1.165) is 12.2 Å². The number of hydrogen-bond donors (Lipinski definition) is 2. The number of hydrogen-bond acceptors (Lipinski definition) is 4. The molecule has 0 aliphatic rings. The number of amides is 1. The molecule has 0 aliphatic carbocycles. The van der Waals surface area contributed by atoms with Crippen LogP contribution in [0.15, 0.2) is 6.20 Å². The molecule has 5 nitrogen and oxygen atoms in total. The van der Waals surface area contributed by atoms with E-state index >= 15 is 0 Å². The molecule has 1 aromatic heterocycles. The molecule has 1 amide bonds. The van der Waals surface area contributed by atoms with Crippen LogP contribution in [0, 0.1) is 6.92 Å². The van der Waals surface area contributed by atoms with Crippen molar-refractivity contribution in [2.75, 3.05) is 13.1 Å². The lowest BCUT2D eigenvalue weighted by Gasteiger charge is -2.15. The minimum atomic E-state index is -0.103. The molecule has 0 aromatic carbocycles. The van der Waals surface area contributed by atoms with Crippen molar-refractivity contribution in [2.45, 2.75) is 46.6 Å². The number of carbonyl (C=O) groups excluding carboxylic acids is 1. The van der Waals surface area contributed by atoms with Gasteiger partial charge in [-0.25, -0.2) is 9.97 Å². The summed E-state index contributed by atoms with van der Waals surface area (Å²) in [5.41, 5.74) is 1.38. The second-order valence-electron chi connectivity index (χ2n) is 5.04. The number of aromatic nitrogens is 2. The first-order valence-electron chi connectivity index (χ1n) is 6.80. The summed E-state index contributed by atoms with van der Waals surface area (Å²) >= 11 is 0. The van der Waals surface area contributed by atoms with Crippen LogP contribution >= 0.6 is 12.4 Å². The first-order chi connectivity index (χ1) is 8.95. The van der Waals surface area contributed by atoms with Gasteiger partial charge in [0, 0.05) is 18.8 Å². The van der Waals surface area contributed by atoms with Crippen LogP contribution in [0.2, 0.25) is 0 Å². The third-order valence-corrected chi connectivity index (χ3v) is 2.85. The van der Waals surface area contributed by atoms with E-state index < -0.39 is 0 Å². The second-order valence-corrected chi connectivity index (χ2v) is 5.04. The smallest absolute Gasteiger partial charge is 0.254 e. The summed E-state index contributed by atoms with van der Waals surface area (Å²) < 4.78 is 0. The topological polar surface area (TPSA) is 66.9 Å². The molecule has 0 aliphatic heterocycles. The third-order valence-electron chi connectivity index (χ3n) is 2.85. The summed E-state index contributed by atoms with van der Waals surface area (Å²) in [6, 6.07) is 0.253. The van der Waals surface area contributed by atoms with E-state index in [2.05, 4.69) is 20.6 Å². The molecular weight excluding hydrogens is 276 g/mol. The van der Waals surface area contributed by atoms with E-state index in [0.29, 0.717) is 17.9 Å². The van der Waals surface area contributed by atoms with Crippen LogP contribution in [0.1, 0.15) is 55.5 Å². The first kappa shape index (κ1) is 18.8. The zero-order valence-electron chi connectivity index (χ0n) is 12.9. The Bertz CT molecular complexity index is 437. The van der Waals surface area contributed by atoms with Crippen LogP contribution in [0.3, 0.4) is 0 Å². The van der Waals surface area contributed by atoms with Gasteiger partial charge in [0.05, 0.1) is 11.3 Å². The first-order valence-corrected chi connectivity index (χ1v) is 6.80. The van der Waals surface area contributed by atoms with Crippen LogP contribution in [0.4, 0.5) is 0 Å². The lowest BCUT2D eigenvalue weighted by molar-refractivity contribution is 0.0948. The van der Waals surface area contributed by atoms with Crippen LogP contribution < -0.4 is 10.6 Å². The lowest BCUT2D eigenvalue weighted by Crippen LogP contribution is -2.39. The number of nitrogens with zero attached hydrogens (tertiary/aromatic N) is 2. The Kier molecular flexibility index (Phi) is 8.34. The lowest BCUT2D eigenvalue weighted by atomic mass is 10.0. The van der Waals surface area contributed by atoms with E-state index in [1.807, 2.05) is 34.6 Å². The SMILES string of the molecule is CCN[C@H](C)CNC(=O)c1cnc(C)nc1C(C)C.Cl.